The van der Waals surface area contributed by atoms with Gasteiger partial charge in [0.05, 0.1) is 35.7 Å². The van der Waals surface area contributed by atoms with Gasteiger partial charge in [-0.05, 0) is 53.6 Å². The first-order chi connectivity index (χ1) is 15.6. The van der Waals surface area contributed by atoms with Crippen LogP contribution >= 0.6 is 0 Å². The Balaban J connectivity index is 1.50. The average Bonchev–Trinajstić information content (AvgIpc) is 3.25. The zero-order chi connectivity index (χ0) is 22.5. The van der Waals surface area contributed by atoms with E-state index in [4.69, 9.17) is 14.6 Å². The fourth-order valence-electron chi connectivity index (χ4n) is 3.45. The first kappa shape index (κ1) is 20.8. The zero-order valence-electron chi connectivity index (χ0n) is 17.3. The topological polar surface area (TPSA) is 104 Å². The maximum Gasteiger partial charge on any atom is 0.335 e. The number of fused-ring (bicyclic) bond motifs is 1. The van der Waals surface area contributed by atoms with E-state index in [1.165, 1.54) is 6.07 Å². The third kappa shape index (κ3) is 4.50. The molecule has 0 amide bonds. The Labute approximate surface area is 185 Å². The minimum atomic E-state index is -0.983. The Bertz CT molecular complexity index is 1200. The summed E-state index contributed by atoms with van der Waals surface area (Å²) in [6.45, 7) is 0.199. The number of hydrogen-bond acceptors (Lipinski definition) is 6. The maximum absolute atomic E-state index is 11.1. The van der Waals surface area contributed by atoms with Gasteiger partial charge in [-0.2, -0.15) is 5.26 Å². The third-order valence-electron chi connectivity index (χ3n) is 5.04. The van der Waals surface area contributed by atoms with Gasteiger partial charge in [-0.1, -0.05) is 30.3 Å². The van der Waals surface area contributed by atoms with Crippen LogP contribution in [0.3, 0.4) is 0 Å². The largest absolute Gasteiger partial charge is 0.493 e. The molecule has 0 saturated carbocycles. The summed E-state index contributed by atoms with van der Waals surface area (Å²) in [6, 6.07) is 22.0. The highest BCUT2D eigenvalue weighted by molar-refractivity contribution is 5.87. The molecule has 3 aromatic carbocycles. The normalized spacial score (nSPS) is 12.8. The van der Waals surface area contributed by atoms with E-state index >= 15 is 0 Å². The fraction of sp³-hybridized carbons (Fsp3) is 0.120. The van der Waals surface area contributed by atoms with Gasteiger partial charge < -0.3 is 25.2 Å². The van der Waals surface area contributed by atoms with Crippen LogP contribution in [0.25, 0.3) is 6.08 Å². The van der Waals surface area contributed by atoms with Crippen LogP contribution in [0.4, 0.5) is 11.4 Å². The van der Waals surface area contributed by atoms with E-state index in [0.717, 1.165) is 22.5 Å². The second-order valence-corrected chi connectivity index (χ2v) is 7.18. The van der Waals surface area contributed by atoms with Crippen LogP contribution in [0.15, 0.2) is 72.3 Å². The quantitative estimate of drug-likeness (QED) is 0.468. The number of aromatic carboxylic acids is 1. The van der Waals surface area contributed by atoms with Crippen molar-refractivity contribution in [3.05, 3.63) is 89.0 Å². The number of carboxylic acid groups (broad SMARTS) is 1. The molecule has 32 heavy (non-hydrogen) atoms. The minimum absolute atomic E-state index is 0.199. The van der Waals surface area contributed by atoms with E-state index in [0.29, 0.717) is 17.1 Å². The summed E-state index contributed by atoms with van der Waals surface area (Å²) in [4.78, 5) is 11.1. The standard InChI is InChI=1S/C25H21N3O4/c1-31-23-13-16(11-19(14-26)24-27-20-7-2-3-8-21(20)28-24)9-10-22(23)32-15-17-5-4-6-18(12-17)25(29)30/h2-13,24,27-28H,15H2,1H3,(H,29,30)/b19-11+. The molecule has 0 radical (unpaired) electrons. The number of para-hydroxylation sites is 2. The number of benzene rings is 3. The molecule has 3 N–H and O–H groups in total. The van der Waals surface area contributed by atoms with Crippen molar-refractivity contribution in [2.75, 3.05) is 17.7 Å². The van der Waals surface area contributed by atoms with E-state index in [1.54, 1.807) is 43.5 Å². The Hall–Kier alpha value is -4.44. The molecule has 3 aromatic rings. The van der Waals surface area contributed by atoms with Crippen molar-refractivity contribution in [2.24, 2.45) is 0 Å². The summed E-state index contributed by atoms with van der Waals surface area (Å²) in [5, 5.41) is 25.4. The molecule has 0 unspecified atom stereocenters. The summed E-state index contributed by atoms with van der Waals surface area (Å²) in [5.41, 5.74) is 4.17. The molecule has 0 saturated heterocycles. The molecule has 160 valence electrons. The number of hydrogen-bond donors (Lipinski definition) is 3. The van der Waals surface area contributed by atoms with Crippen molar-refractivity contribution >= 4 is 23.4 Å². The van der Waals surface area contributed by atoms with Crippen LogP contribution in [0.5, 0.6) is 11.5 Å². The Morgan fingerprint density at radius 3 is 2.47 bits per heavy atom. The predicted octanol–water partition coefficient (Wildman–Crippen LogP) is 4.74. The lowest BCUT2D eigenvalue weighted by molar-refractivity contribution is 0.0696. The first-order valence-electron chi connectivity index (χ1n) is 9.94. The highest BCUT2D eigenvalue weighted by atomic mass is 16.5. The number of nitrogens with one attached hydrogen (secondary N) is 2. The van der Waals surface area contributed by atoms with Gasteiger partial charge in [0.15, 0.2) is 11.5 Å². The second kappa shape index (κ2) is 9.14. The molecule has 7 nitrogen and oxygen atoms in total. The minimum Gasteiger partial charge on any atom is -0.493 e. The number of methoxy groups -OCH3 is 1. The van der Waals surface area contributed by atoms with Gasteiger partial charge >= 0.3 is 5.97 Å². The number of ether oxygens (including phenoxy) is 2. The van der Waals surface area contributed by atoms with Crippen LogP contribution in [0.1, 0.15) is 21.5 Å². The van der Waals surface area contributed by atoms with E-state index in [-0.39, 0.29) is 18.3 Å². The van der Waals surface area contributed by atoms with Gasteiger partial charge in [0.1, 0.15) is 12.8 Å². The van der Waals surface area contributed by atoms with Crippen LogP contribution in [-0.2, 0) is 6.61 Å². The van der Waals surface area contributed by atoms with E-state index < -0.39 is 5.97 Å². The SMILES string of the molecule is COc1cc(/C=C(\C#N)C2Nc3ccccc3N2)ccc1OCc1cccc(C(=O)O)c1. The lowest BCUT2D eigenvalue weighted by Crippen LogP contribution is -2.23. The Morgan fingerprint density at radius 2 is 1.81 bits per heavy atom. The second-order valence-electron chi connectivity index (χ2n) is 7.18. The van der Waals surface area contributed by atoms with Crippen LogP contribution in [0, 0.1) is 11.3 Å². The molecule has 0 atom stereocenters. The molecule has 4 rings (SSSR count). The monoisotopic (exact) mass is 427 g/mol. The fourth-order valence-corrected chi connectivity index (χ4v) is 3.45. The van der Waals surface area contributed by atoms with Gasteiger partial charge in [0.25, 0.3) is 0 Å². The molecular formula is C25H21N3O4. The van der Waals surface area contributed by atoms with E-state index in [9.17, 15) is 10.1 Å². The molecule has 0 spiro atoms. The summed E-state index contributed by atoms with van der Waals surface area (Å²) < 4.78 is 11.3. The molecule has 0 aromatic heterocycles. The Morgan fingerprint density at radius 1 is 1.06 bits per heavy atom. The summed E-state index contributed by atoms with van der Waals surface area (Å²) in [7, 11) is 1.54. The molecule has 1 aliphatic rings. The van der Waals surface area contributed by atoms with Gasteiger partial charge in [0, 0.05) is 0 Å². The van der Waals surface area contributed by atoms with Crippen molar-refractivity contribution in [3.63, 3.8) is 0 Å². The number of anilines is 2. The summed E-state index contributed by atoms with van der Waals surface area (Å²) in [5.74, 6) is 0.0534. The molecule has 0 aliphatic carbocycles. The van der Waals surface area contributed by atoms with Crippen molar-refractivity contribution in [2.45, 2.75) is 12.8 Å². The lowest BCUT2D eigenvalue weighted by Gasteiger charge is -2.13. The third-order valence-corrected chi connectivity index (χ3v) is 5.04. The van der Waals surface area contributed by atoms with Crippen molar-refractivity contribution in [3.8, 4) is 17.6 Å². The lowest BCUT2D eigenvalue weighted by atomic mass is 10.1. The summed E-state index contributed by atoms with van der Waals surface area (Å²) in [6.07, 6.45) is 1.47. The van der Waals surface area contributed by atoms with Gasteiger partial charge in [-0.25, -0.2) is 4.79 Å². The molecule has 1 heterocycles. The van der Waals surface area contributed by atoms with Gasteiger partial charge in [-0.15, -0.1) is 0 Å². The number of rotatable bonds is 7. The number of carbonyl (C=O) groups is 1. The number of nitrogens with zero attached hydrogens (tertiary/aromatic N) is 1. The number of carboxylic acids is 1. The molecule has 1 aliphatic heterocycles. The molecule has 0 fully saturated rings. The molecular weight excluding hydrogens is 406 g/mol. The zero-order valence-corrected chi connectivity index (χ0v) is 17.3. The first-order valence-corrected chi connectivity index (χ1v) is 9.94. The number of nitriles is 1. The summed E-state index contributed by atoms with van der Waals surface area (Å²) >= 11 is 0. The van der Waals surface area contributed by atoms with Crippen LogP contribution in [0.2, 0.25) is 0 Å². The van der Waals surface area contributed by atoms with Crippen molar-refractivity contribution in [1.29, 1.82) is 5.26 Å². The van der Waals surface area contributed by atoms with Crippen molar-refractivity contribution < 1.29 is 19.4 Å². The maximum atomic E-state index is 11.1. The highest BCUT2D eigenvalue weighted by Crippen LogP contribution is 2.33. The Kier molecular flexibility index (Phi) is 5.95. The highest BCUT2D eigenvalue weighted by Gasteiger charge is 2.22. The van der Waals surface area contributed by atoms with Gasteiger partial charge in [0.2, 0.25) is 0 Å². The van der Waals surface area contributed by atoms with Crippen molar-refractivity contribution in [1.82, 2.24) is 0 Å². The van der Waals surface area contributed by atoms with E-state index in [1.807, 2.05) is 30.3 Å². The van der Waals surface area contributed by atoms with E-state index in [2.05, 4.69) is 16.7 Å². The van der Waals surface area contributed by atoms with Crippen LogP contribution < -0.4 is 20.1 Å². The average molecular weight is 427 g/mol. The molecule has 7 heteroatoms. The smallest absolute Gasteiger partial charge is 0.335 e. The van der Waals surface area contributed by atoms with Gasteiger partial charge in [-0.3, -0.25) is 0 Å². The predicted molar refractivity (Wildman–Crippen MR) is 122 cm³/mol. The molecule has 0 bridgehead atoms. The van der Waals surface area contributed by atoms with Crippen LogP contribution in [-0.4, -0.2) is 24.4 Å².